The summed E-state index contributed by atoms with van der Waals surface area (Å²) in [4.78, 5) is 10.8. The van der Waals surface area contributed by atoms with Crippen molar-refractivity contribution in [3.63, 3.8) is 0 Å². The molecule has 0 heterocycles. The Kier molecular flexibility index (Phi) is 4.54. The van der Waals surface area contributed by atoms with E-state index in [0.29, 0.717) is 5.02 Å². The highest BCUT2D eigenvalue weighted by Crippen LogP contribution is 2.28. The molecule has 1 rings (SSSR count). The van der Waals surface area contributed by atoms with Crippen molar-refractivity contribution in [1.29, 1.82) is 0 Å². The summed E-state index contributed by atoms with van der Waals surface area (Å²) in [6.45, 7) is 3.84. The van der Waals surface area contributed by atoms with Crippen LogP contribution in [0.25, 0.3) is 0 Å². The fraction of sp³-hybridized carbons (Fsp3) is 0.250. The zero-order valence-corrected chi connectivity index (χ0v) is 10.7. The zero-order chi connectivity index (χ0) is 13.0. The highest BCUT2D eigenvalue weighted by atomic mass is 35.5. The van der Waals surface area contributed by atoms with Gasteiger partial charge in [-0.1, -0.05) is 17.7 Å². The molecule has 92 valence electrons. The molecule has 0 saturated carbocycles. The molecule has 0 aliphatic heterocycles. The molecule has 5 heteroatoms. The molecule has 0 unspecified atom stereocenters. The summed E-state index contributed by atoms with van der Waals surface area (Å²) in [5.74, 6) is -0.989. The van der Waals surface area contributed by atoms with Gasteiger partial charge in [-0.25, -0.2) is 10.2 Å². The molecule has 0 bridgehead atoms. The Morgan fingerprint density at radius 2 is 2.18 bits per heavy atom. The zero-order valence-electron chi connectivity index (χ0n) is 9.99. The number of anilines is 1. The molecule has 0 amide bonds. The molecule has 0 atom stereocenters. The quantitative estimate of drug-likeness (QED) is 0.812. The number of nitrogens with zero attached hydrogens (tertiary/aromatic N) is 1. The molecule has 2 N–H and O–H groups in total. The van der Waals surface area contributed by atoms with E-state index in [1.54, 1.807) is 18.1 Å². The summed E-state index contributed by atoms with van der Waals surface area (Å²) in [7, 11) is 1.77. The second-order valence-electron chi connectivity index (χ2n) is 3.46. The van der Waals surface area contributed by atoms with Gasteiger partial charge in [0.2, 0.25) is 0 Å². The maximum atomic E-state index is 10.8. The fourth-order valence-corrected chi connectivity index (χ4v) is 1.70. The van der Waals surface area contributed by atoms with Gasteiger partial charge in [-0.05, 0) is 32.0 Å². The SMILES string of the molecule is C/C=C(/C)N(NC)c1ccc(C(=O)O)cc1Cl. The Morgan fingerprint density at radius 3 is 2.59 bits per heavy atom. The number of hydrogen-bond acceptors (Lipinski definition) is 3. The normalized spacial score (nSPS) is 11.4. The van der Waals surface area contributed by atoms with Crippen molar-refractivity contribution in [2.75, 3.05) is 12.1 Å². The number of halogens is 1. The van der Waals surface area contributed by atoms with Crippen molar-refractivity contribution >= 4 is 23.3 Å². The predicted molar refractivity (Wildman–Crippen MR) is 69.4 cm³/mol. The van der Waals surface area contributed by atoms with Gasteiger partial charge in [-0.3, -0.25) is 5.01 Å². The first-order valence-corrected chi connectivity index (χ1v) is 5.52. The largest absolute Gasteiger partial charge is 0.478 e. The predicted octanol–water partition coefficient (Wildman–Crippen LogP) is 2.90. The fourth-order valence-electron chi connectivity index (χ4n) is 1.44. The lowest BCUT2D eigenvalue weighted by Gasteiger charge is -2.25. The summed E-state index contributed by atoms with van der Waals surface area (Å²) < 4.78 is 0. The van der Waals surface area contributed by atoms with Gasteiger partial charge in [0.15, 0.2) is 0 Å². The minimum atomic E-state index is -0.989. The Bertz CT molecular complexity index is 458. The van der Waals surface area contributed by atoms with Crippen LogP contribution in [0.1, 0.15) is 24.2 Å². The van der Waals surface area contributed by atoms with E-state index in [4.69, 9.17) is 16.7 Å². The molecular weight excluding hydrogens is 240 g/mol. The van der Waals surface area contributed by atoms with Gasteiger partial charge in [0.1, 0.15) is 0 Å². The maximum absolute atomic E-state index is 10.8. The number of carboxylic acid groups (broad SMARTS) is 1. The lowest BCUT2D eigenvalue weighted by molar-refractivity contribution is 0.0697. The van der Waals surface area contributed by atoms with Crippen LogP contribution >= 0.6 is 11.6 Å². The number of hydrogen-bond donors (Lipinski definition) is 2. The van der Waals surface area contributed by atoms with Crippen LogP contribution in [0.3, 0.4) is 0 Å². The third kappa shape index (κ3) is 2.99. The van der Waals surface area contributed by atoms with Crippen LogP contribution < -0.4 is 10.4 Å². The summed E-state index contributed by atoms with van der Waals surface area (Å²) in [5, 5.41) is 11.0. The summed E-state index contributed by atoms with van der Waals surface area (Å²) in [6, 6.07) is 4.64. The number of carboxylic acids is 1. The molecule has 0 fully saturated rings. The average Bonchev–Trinajstić information content (AvgIpc) is 2.31. The van der Waals surface area contributed by atoms with Crippen LogP contribution in [0, 0.1) is 0 Å². The Morgan fingerprint density at radius 1 is 1.53 bits per heavy atom. The van der Waals surface area contributed by atoms with E-state index >= 15 is 0 Å². The van der Waals surface area contributed by atoms with Crippen LogP contribution in [0.2, 0.25) is 5.02 Å². The number of aromatic carboxylic acids is 1. The van der Waals surface area contributed by atoms with Gasteiger partial charge in [0, 0.05) is 12.7 Å². The number of hydrazine groups is 1. The van der Waals surface area contributed by atoms with Gasteiger partial charge in [-0.2, -0.15) is 0 Å². The van der Waals surface area contributed by atoms with Crippen molar-refractivity contribution in [3.05, 3.63) is 40.6 Å². The lowest BCUT2D eigenvalue weighted by atomic mass is 10.2. The van der Waals surface area contributed by atoms with Gasteiger partial charge < -0.3 is 5.11 Å². The van der Waals surface area contributed by atoms with Gasteiger partial charge in [-0.15, -0.1) is 0 Å². The second kappa shape index (κ2) is 5.70. The smallest absolute Gasteiger partial charge is 0.335 e. The average molecular weight is 255 g/mol. The molecule has 1 aromatic rings. The molecule has 0 aliphatic rings. The Hall–Kier alpha value is -1.52. The monoisotopic (exact) mass is 254 g/mol. The van der Waals surface area contributed by atoms with Crippen molar-refractivity contribution in [2.45, 2.75) is 13.8 Å². The number of nitrogens with one attached hydrogen (secondary N) is 1. The van der Waals surface area contributed by atoms with E-state index in [1.165, 1.54) is 12.1 Å². The molecule has 4 nitrogen and oxygen atoms in total. The van der Waals surface area contributed by atoms with E-state index in [-0.39, 0.29) is 5.56 Å². The number of carbonyl (C=O) groups is 1. The van der Waals surface area contributed by atoms with Crippen LogP contribution in [0.5, 0.6) is 0 Å². The number of allylic oxidation sites excluding steroid dienone is 2. The first kappa shape index (κ1) is 13.5. The number of benzene rings is 1. The van der Waals surface area contributed by atoms with E-state index in [9.17, 15) is 4.79 Å². The van der Waals surface area contributed by atoms with Crippen molar-refractivity contribution in [3.8, 4) is 0 Å². The van der Waals surface area contributed by atoms with Crippen LogP contribution in [-0.2, 0) is 0 Å². The molecule has 0 saturated heterocycles. The van der Waals surface area contributed by atoms with Crippen LogP contribution in [0.15, 0.2) is 30.0 Å². The summed E-state index contributed by atoms with van der Waals surface area (Å²) >= 11 is 6.08. The second-order valence-corrected chi connectivity index (χ2v) is 3.87. The Labute approximate surface area is 105 Å². The standard InChI is InChI=1S/C12H15ClN2O2/c1-4-8(2)15(14-3)11-6-5-9(12(16)17)7-10(11)13/h4-7,14H,1-3H3,(H,16,17)/b8-4-. The molecule has 1 aromatic carbocycles. The third-order valence-corrected chi connectivity index (χ3v) is 2.73. The molecule has 0 radical (unpaired) electrons. The Balaban J connectivity index is 3.18. The van der Waals surface area contributed by atoms with E-state index in [1.807, 2.05) is 19.9 Å². The maximum Gasteiger partial charge on any atom is 0.335 e. The molecule has 0 aliphatic carbocycles. The highest BCUT2D eigenvalue weighted by Gasteiger charge is 2.12. The summed E-state index contributed by atoms with van der Waals surface area (Å²) in [5.41, 5.74) is 4.85. The molecule has 0 spiro atoms. The number of rotatable bonds is 4. The molecular formula is C12H15ClN2O2. The van der Waals surface area contributed by atoms with Gasteiger partial charge in [0.25, 0.3) is 0 Å². The summed E-state index contributed by atoms with van der Waals surface area (Å²) in [6.07, 6.45) is 1.93. The van der Waals surface area contributed by atoms with E-state index in [0.717, 1.165) is 11.4 Å². The topological polar surface area (TPSA) is 52.6 Å². The van der Waals surface area contributed by atoms with E-state index < -0.39 is 5.97 Å². The van der Waals surface area contributed by atoms with Crippen molar-refractivity contribution in [2.24, 2.45) is 0 Å². The minimum Gasteiger partial charge on any atom is -0.478 e. The van der Waals surface area contributed by atoms with Crippen molar-refractivity contribution < 1.29 is 9.90 Å². The third-order valence-electron chi connectivity index (χ3n) is 2.43. The molecule has 17 heavy (non-hydrogen) atoms. The van der Waals surface area contributed by atoms with Crippen molar-refractivity contribution in [1.82, 2.24) is 5.43 Å². The van der Waals surface area contributed by atoms with Crippen LogP contribution in [0.4, 0.5) is 5.69 Å². The van der Waals surface area contributed by atoms with Gasteiger partial charge >= 0.3 is 5.97 Å². The van der Waals surface area contributed by atoms with Crippen LogP contribution in [-0.4, -0.2) is 18.1 Å². The molecule has 0 aromatic heterocycles. The lowest BCUT2D eigenvalue weighted by Crippen LogP contribution is -2.33. The minimum absolute atomic E-state index is 0.174. The van der Waals surface area contributed by atoms with E-state index in [2.05, 4.69) is 5.43 Å². The highest BCUT2D eigenvalue weighted by molar-refractivity contribution is 6.33. The first-order chi connectivity index (χ1) is 8.01. The first-order valence-electron chi connectivity index (χ1n) is 5.14. The van der Waals surface area contributed by atoms with Gasteiger partial charge in [0.05, 0.1) is 16.3 Å².